The molecule has 1 unspecified atom stereocenters. The molecule has 0 aliphatic carbocycles. The Hall–Kier alpha value is -1.35. The number of amides is 1. The summed E-state index contributed by atoms with van der Waals surface area (Å²) in [5, 5.41) is 3.46. The molecule has 1 aromatic carbocycles. The molecule has 3 heteroatoms. The van der Waals surface area contributed by atoms with Crippen molar-refractivity contribution in [2.75, 3.05) is 19.6 Å². The highest BCUT2D eigenvalue weighted by atomic mass is 16.2. The molecule has 17 heavy (non-hydrogen) atoms. The number of nitrogens with zero attached hydrogens (tertiary/aromatic N) is 1. The molecular formula is C14H20N2O. The number of carbonyl (C=O) groups excluding carboxylic acids is 1. The van der Waals surface area contributed by atoms with Crippen molar-refractivity contribution in [1.29, 1.82) is 0 Å². The van der Waals surface area contributed by atoms with Crippen LogP contribution in [0.1, 0.15) is 31.0 Å². The maximum absolute atomic E-state index is 11.4. The van der Waals surface area contributed by atoms with E-state index in [0.717, 1.165) is 26.1 Å². The highest BCUT2D eigenvalue weighted by molar-refractivity contribution is 5.73. The third kappa shape index (κ3) is 2.86. The predicted molar refractivity (Wildman–Crippen MR) is 68.8 cm³/mol. The van der Waals surface area contributed by atoms with E-state index in [2.05, 4.69) is 36.5 Å². The summed E-state index contributed by atoms with van der Waals surface area (Å²) in [6.07, 6.45) is 1.07. The molecule has 92 valence electrons. The zero-order chi connectivity index (χ0) is 12.3. The highest BCUT2D eigenvalue weighted by Crippen LogP contribution is 2.18. The summed E-state index contributed by atoms with van der Waals surface area (Å²) in [5.41, 5.74) is 2.63. The summed E-state index contributed by atoms with van der Waals surface area (Å²) in [7, 11) is 0. The van der Waals surface area contributed by atoms with E-state index in [9.17, 15) is 4.79 Å². The van der Waals surface area contributed by atoms with Crippen LogP contribution in [-0.4, -0.2) is 30.4 Å². The summed E-state index contributed by atoms with van der Waals surface area (Å²) >= 11 is 0. The van der Waals surface area contributed by atoms with Crippen LogP contribution in [0.2, 0.25) is 0 Å². The molecular weight excluding hydrogens is 212 g/mol. The summed E-state index contributed by atoms with van der Waals surface area (Å²) in [6.45, 7) is 6.27. The standard InChI is InChI=1S/C14H20N2O/c1-3-12-4-6-13(7-5-12)14-10-16(11(2)17)9-8-15-14/h4-7,14-15H,3,8-10H2,1-2H3. The van der Waals surface area contributed by atoms with Gasteiger partial charge in [0.05, 0.1) is 0 Å². The Bertz CT molecular complexity index is 386. The second-order valence-corrected chi connectivity index (χ2v) is 4.57. The highest BCUT2D eigenvalue weighted by Gasteiger charge is 2.21. The molecule has 1 aromatic rings. The molecule has 0 saturated carbocycles. The first-order chi connectivity index (χ1) is 8.20. The van der Waals surface area contributed by atoms with Crippen LogP contribution in [0.3, 0.4) is 0 Å². The molecule has 1 heterocycles. The Labute approximate surface area is 103 Å². The van der Waals surface area contributed by atoms with Gasteiger partial charge in [-0.15, -0.1) is 0 Å². The Morgan fingerprint density at radius 1 is 1.41 bits per heavy atom. The van der Waals surface area contributed by atoms with Gasteiger partial charge in [0.1, 0.15) is 0 Å². The minimum absolute atomic E-state index is 0.168. The lowest BCUT2D eigenvalue weighted by Crippen LogP contribution is -2.47. The molecule has 0 radical (unpaired) electrons. The lowest BCUT2D eigenvalue weighted by atomic mass is 10.0. The zero-order valence-electron chi connectivity index (χ0n) is 10.6. The van der Waals surface area contributed by atoms with Crippen molar-refractivity contribution in [2.24, 2.45) is 0 Å². The smallest absolute Gasteiger partial charge is 0.219 e. The summed E-state index contributed by atoms with van der Waals surface area (Å²) in [4.78, 5) is 13.3. The Morgan fingerprint density at radius 3 is 2.71 bits per heavy atom. The zero-order valence-corrected chi connectivity index (χ0v) is 10.6. The molecule has 0 spiro atoms. The topological polar surface area (TPSA) is 32.3 Å². The fourth-order valence-electron chi connectivity index (χ4n) is 2.24. The van der Waals surface area contributed by atoms with Crippen molar-refractivity contribution in [2.45, 2.75) is 26.3 Å². The van der Waals surface area contributed by atoms with Crippen LogP contribution >= 0.6 is 0 Å². The number of aryl methyl sites for hydroxylation is 1. The molecule has 1 aliphatic rings. The van der Waals surface area contributed by atoms with Gasteiger partial charge >= 0.3 is 0 Å². The average molecular weight is 232 g/mol. The molecule has 1 amide bonds. The second kappa shape index (κ2) is 5.32. The molecule has 0 aromatic heterocycles. The van der Waals surface area contributed by atoms with Gasteiger partial charge in [-0.05, 0) is 17.5 Å². The quantitative estimate of drug-likeness (QED) is 0.842. The lowest BCUT2D eigenvalue weighted by Gasteiger charge is -2.33. The molecule has 3 nitrogen and oxygen atoms in total. The minimum Gasteiger partial charge on any atom is -0.340 e. The number of nitrogens with one attached hydrogen (secondary N) is 1. The first-order valence-corrected chi connectivity index (χ1v) is 6.28. The predicted octanol–water partition coefficient (Wildman–Crippen LogP) is 1.74. The second-order valence-electron chi connectivity index (χ2n) is 4.57. The lowest BCUT2D eigenvalue weighted by molar-refractivity contribution is -0.130. The molecule has 2 rings (SSSR count). The van der Waals surface area contributed by atoms with Gasteiger partial charge in [0.15, 0.2) is 0 Å². The van der Waals surface area contributed by atoms with Gasteiger partial charge in [0.25, 0.3) is 0 Å². The number of rotatable bonds is 2. The van der Waals surface area contributed by atoms with Crippen LogP contribution in [0.5, 0.6) is 0 Å². The van der Waals surface area contributed by atoms with E-state index in [1.807, 2.05) is 4.90 Å². The summed E-state index contributed by atoms with van der Waals surface area (Å²) < 4.78 is 0. The van der Waals surface area contributed by atoms with Gasteiger partial charge in [-0.2, -0.15) is 0 Å². The van der Waals surface area contributed by atoms with Crippen LogP contribution in [-0.2, 0) is 11.2 Å². The first-order valence-electron chi connectivity index (χ1n) is 6.28. The van der Waals surface area contributed by atoms with Crippen molar-refractivity contribution < 1.29 is 4.79 Å². The normalized spacial score (nSPS) is 20.4. The first kappa shape index (κ1) is 12.1. The number of benzene rings is 1. The van der Waals surface area contributed by atoms with E-state index in [4.69, 9.17) is 0 Å². The van der Waals surface area contributed by atoms with Crippen LogP contribution in [0.15, 0.2) is 24.3 Å². The van der Waals surface area contributed by atoms with Gasteiger partial charge in [-0.25, -0.2) is 0 Å². The monoisotopic (exact) mass is 232 g/mol. The Balaban J connectivity index is 2.08. The van der Waals surface area contributed by atoms with Crippen LogP contribution < -0.4 is 5.32 Å². The van der Waals surface area contributed by atoms with Gasteiger partial charge in [0.2, 0.25) is 5.91 Å². The van der Waals surface area contributed by atoms with Crippen LogP contribution in [0, 0.1) is 0 Å². The van der Waals surface area contributed by atoms with E-state index in [1.54, 1.807) is 6.92 Å². The van der Waals surface area contributed by atoms with E-state index in [-0.39, 0.29) is 11.9 Å². The molecule has 1 saturated heterocycles. The Morgan fingerprint density at radius 2 is 2.12 bits per heavy atom. The minimum atomic E-state index is 0.168. The molecule has 1 aliphatic heterocycles. The van der Waals surface area contributed by atoms with E-state index < -0.39 is 0 Å². The van der Waals surface area contributed by atoms with Crippen molar-refractivity contribution in [3.8, 4) is 0 Å². The third-order valence-electron chi connectivity index (χ3n) is 3.41. The van der Waals surface area contributed by atoms with Gasteiger partial charge in [0, 0.05) is 32.6 Å². The number of hydrogen-bond acceptors (Lipinski definition) is 2. The number of piperazine rings is 1. The van der Waals surface area contributed by atoms with E-state index in [1.165, 1.54) is 11.1 Å². The number of hydrogen-bond donors (Lipinski definition) is 1. The van der Waals surface area contributed by atoms with Crippen LogP contribution in [0.4, 0.5) is 0 Å². The molecule has 0 bridgehead atoms. The number of carbonyl (C=O) groups is 1. The fourth-order valence-corrected chi connectivity index (χ4v) is 2.24. The Kier molecular flexibility index (Phi) is 3.79. The molecule has 1 fully saturated rings. The van der Waals surface area contributed by atoms with Crippen LogP contribution in [0.25, 0.3) is 0 Å². The molecule has 1 N–H and O–H groups in total. The van der Waals surface area contributed by atoms with E-state index in [0.29, 0.717) is 0 Å². The van der Waals surface area contributed by atoms with Crippen molar-refractivity contribution in [3.05, 3.63) is 35.4 Å². The maximum atomic E-state index is 11.4. The maximum Gasteiger partial charge on any atom is 0.219 e. The average Bonchev–Trinajstić information content (AvgIpc) is 2.39. The SMILES string of the molecule is CCc1ccc(C2CN(C(C)=O)CCN2)cc1. The largest absolute Gasteiger partial charge is 0.340 e. The summed E-state index contributed by atoms with van der Waals surface area (Å²) in [6, 6.07) is 8.95. The van der Waals surface area contributed by atoms with Gasteiger partial charge < -0.3 is 10.2 Å². The third-order valence-corrected chi connectivity index (χ3v) is 3.41. The van der Waals surface area contributed by atoms with Gasteiger partial charge in [-0.1, -0.05) is 31.2 Å². The van der Waals surface area contributed by atoms with Gasteiger partial charge in [-0.3, -0.25) is 4.79 Å². The van der Waals surface area contributed by atoms with Crippen molar-refractivity contribution in [1.82, 2.24) is 10.2 Å². The summed E-state index contributed by atoms with van der Waals surface area (Å²) in [5.74, 6) is 0.168. The fraction of sp³-hybridized carbons (Fsp3) is 0.500. The van der Waals surface area contributed by atoms with Crippen molar-refractivity contribution >= 4 is 5.91 Å². The van der Waals surface area contributed by atoms with Crippen molar-refractivity contribution in [3.63, 3.8) is 0 Å². The molecule has 1 atom stereocenters. The van der Waals surface area contributed by atoms with E-state index >= 15 is 0 Å².